The summed E-state index contributed by atoms with van der Waals surface area (Å²) < 4.78 is 4.80. The maximum atomic E-state index is 11.7. The first-order valence-electron chi connectivity index (χ1n) is 10.6. The van der Waals surface area contributed by atoms with Gasteiger partial charge < -0.3 is 26.8 Å². The Kier molecular flexibility index (Phi) is 7.54. The molecule has 0 bridgehead atoms. The molecule has 0 fully saturated rings. The average Bonchev–Trinajstić information content (AvgIpc) is 2.97. The Balaban J connectivity index is 2.02. The van der Waals surface area contributed by atoms with Gasteiger partial charge in [-0.2, -0.15) is 0 Å². The molecule has 0 aliphatic carbocycles. The minimum absolute atomic E-state index is 0.0280. The number of rotatable bonds is 6. The van der Waals surface area contributed by atoms with Crippen LogP contribution in [0.5, 0.6) is 0 Å². The molecule has 7 nitrogen and oxygen atoms in total. The van der Waals surface area contributed by atoms with Crippen molar-refractivity contribution in [1.29, 1.82) is 0 Å². The molecule has 0 aromatic heterocycles. The van der Waals surface area contributed by atoms with Gasteiger partial charge in [0.15, 0.2) is 0 Å². The first-order valence-corrected chi connectivity index (χ1v) is 10.6. The standard InChI is InChI=1S/C25H31N5O2/c1-16(27)25-21-8-7-18(19(14-26)15-28-2)13-22(21)23(9-10-29-25)30-20-6-4-5-17(11-20)12-24(31)32-3/h4-8,11,13-15,23,29-30H,9-10,12,26-27H2,1-3H3/b19-14?,25-16-,28-15?. The van der Waals surface area contributed by atoms with Gasteiger partial charge in [-0.3, -0.25) is 9.79 Å². The zero-order valence-corrected chi connectivity index (χ0v) is 18.8. The lowest BCUT2D eigenvalue weighted by atomic mass is 9.92. The number of hydrogen-bond acceptors (Lipinski definition) is 7. The van der Waals surface area contributed by atoms with Crippen LogP contribution < -0.4 is 22.1 Å². The van der Waals surface area contributed by atoms with Gasteiger partial charge in [0.1, 0.15) is 0 Å². The highest BCUT2D eigenvalue weighted by Crippen LogP contribution is 2.34. The summed E-state index contributed by atoms with van der Waals surface area (Å²) in [5.74, 6) is -0.261. The number of esters is 1. The Bertz CT molecular complexity index is 1070. The quantitative estimate of drug-likeness (QED) is 0.411. The van der Waals surface area contributed by atoms with Crippen molar-refractivity contribution >= 4 is 29.1 Å². The van der Waals surface area contributed by atoms with Crippen LogP contribution in [0.2, 0.25) is 0 Å². The summed E-state index contributed by atoms with van der Waals surface area (Å²) >= 11 is 0. The maximum absolute atomic E-state index is 11.7. The fourth-order valence-electron chi connectivity index (χ4n) is 3.92. The van der Waals surface area contributed by atoms with Crippen molar-refractivity contribution in [1.82, 2.24) is 5.32 Å². The minimum Gasteiger partial charge on any atom is -0.469 e. The van der Waals surface area contributed by atoms with E-state index in [2.05, 4.69) is 27.8 Å². The number of fused-ring (bicyclic) bond motifs is 1. The number of nitrogens with zero attached hydrogens (tertiary/aromatic N) is 1. The average molecular weight is 434 g/mol. The monoisotopic (exact) mass is 433 g/mol. The molecule has 0 amide bonds. The molecule has 32 heavy (non-hydrogen) atoms. The highest BCUT2D eigenvalue weighted by molar-refractivity contribution is 6.09. The van der Waals surface area contributed by atoms with E-state index >= 15 is 0 Å². The van der Waals surface area contributed by atoms with Crippen LogP contribution in [0.15, 0.2) is 59.4 Å². The largest absolute Gasteiger partial charge is 0.469 e. The molecule has 7 heteroatoms. The molecule has 1 atom stereocenters. The molecule has 2 aromatic carbocycles. The van der Waals surface area contributed by atoms with Crippen LogP contribution in [0.25, 0.3) is 11.3 Å². The third-order valence-electron chi connectivity index (χ3n) is 5.45. The number of hydrogen-bond donors (Lipinski definition) is 4. The lowest BCUT2D eigenvalue weighted by Crippen LogP contribution is -2.17. The zero-order valence-electron chi connectivity index (χ0n) is 18.8. The molecule has 0 radical (unpaired) electrons. The van der Waals surface area contributed by atoms with Gasteiger partial charge in [-0.05, 0) is 48.2 Å². The number of nitrogens with one attached hydrogen (secondary N) is 2. The van der Waals surface area contributed by atoms with Crippen molar-refractivity contribution in [2.75, 3.05) is 26.0 Å². The van der Waals surface area contributed by atoms with Crippen LogP contribution in [0, 0.1) is 0 Å². The van der Waals surface area contributed by atoms with E-state index in [1.165, 1.54) is 7.11 Å². The van der Waals surface area contributed by atoms with Crippen molar-refractivity contribution in [3.8, 4) is 0 Å². The maximum Gasteiger partial charge on any atom is 0.309 e. The van der Waals surface area contributed by atoms with Crippen LogP contribution in [0.1, 0.15) is 41.6 Å². The normalized spacial score (nSPS) is 17.8. The van der Waals surface area contributed by atoms with E-state index in [0.717, 1.165) is 57.9 Å². The van der Waals surface area contributed by atoms with E-state index in [4.69, 9.17) is 16.2 Å². The molecule has 1 unspecified atom stereocenters. The summed E-state index contributed by atoms with van der Waals surface area (Å²) in [5, 5.41) is 7.12. The van der Waals surface area contributed by atoms with E-state index in [-0.39, 0.29) is 18.4 Å². The van der Waals surface area contributed by atoms with Crippen molar-refractivity contribution in [2.24, 2.45) is 16.5 Å². The summed E-state index contributed by atoms with van der Waals surface area (Å²) in [5.41, 5.74) is 19.6. The molecule has 1 heterocycles. The van der Waals surface area contributed by atoms with Crippen molar-refractivity contribution < 1.29 is 9.53 Å². The molecule has 168 valence electrons. The summed E-state index contributed by atoms with van der Waals surface area (Å²) in [6.07, 6.45) is 4.39. The van der Waals surface area contributed by atoms with E-state index < -0.39 is 0 Å². The Morgan fingerprint density at radius 1 is 1.31 bits per heavy atom. The number of anilines is 1. The molecule has 6 N–H and O–H groups in total. The summed E-state index contributed by atoms with van der Waals surface area (Å²) in [4.78, 5) is 15.8. The molecule has 1 aliphatic heterocycles. The van der Waals surface area contributed by atoms with Crippen LogP contribution in [-0.2, 0) is 16.0 Å². The molecule has 3 rings (SSSR count). The highest BCUT2D eigenvalue weighted by Gasteiger charge is 2.23. The van der Waals surface area contributed by atoms with Crippen molar-refractivity contribution in [2.45, 2.75) is 25.8 Å². The van der Waals surface area contributed by atoms with Gasteiger partial charge in [-0.25, -0.2) is 0 Å². The van der Waals surface area contributed by atoms with Crippen LogP contribution >= 0.6 is 0 Å². The Labute approximate surface area is 189 Å². The Hall–Kier alpha value is -3.74. The van der Waals surface area contributed by atoms with E-state index in [0.29, 0.717) is 0 Å². The second kappa shape index (κ2) is 10.5. The Morgan fingerprint density at radius 3 is 2.81 bits per heavy atom. The molecule has 0 saturated heterocycles. The fraction of sp³-hybridized carbons (Fsp3) is 0.280. The highest BCUT2D eigenvalue weighted by atomic mass is 16.5. The first kappa shape index (κ1) is 22.9. The number of benzene rings is 2. The van der Waals surface area contributed by atoms with Gasteiger partial charge in [0.25, 0.3) is 0 Å². The molecule has 0 saturated carbocycles. The smallest absolute Gasteiger partial charge is 0.309 e. The van der Waals surface area contributed by atoms with E-state index in [1.54, 1.807) is 19.5 Å². The summed E-state index contributed by atoms with van der Waals surface area (Å²) in [7, 11) is 3.12. The number of methoxy groups -OCH3 is 1. The SMILES string of the molecule is CN=CC(=CN)c1ccc2c(c1)C(Nc1cccc(CC(=O)OC)c1)CCN/C2=C(/C)N. The second-order valence-electron chi connectivity index (χ2n) is 7.74. The fourth-order valence-corrected chi connectivity index (χ4v) is 3.92. The van der Waals surface area contributed by atoms with E-state index in [1.807, 2.05) is 37.3 Å². The Morgan fingerprint density at radius 2 is 2.12 bits per heavy atom. The molecule has 2 aromatic rings. The number of aliphatic imine (C=N–C) groups is 1. The predicted molar refractivity (Wildman–Crippen MR) is 131 cm³/mol. The second-order valence-corrected chi connectivity index (χ2v) is 7.74. The van der Waals surface area contributed by atoms with Gasteiger partial charge in [0, 0.05) is 48.5 Å². The number of nitrogens with two attached hydrogens (primary N) is 2. The molecule has 0 spiro atoms. The summed E-state index contributed by atoms with van der Waals surface area (Å²) in [6, 6.07) is 14.1. The van der Waals surface area contributed by atoms with Gasteiger partial charge in [-0.1, -0.05) is 24.3 Å². The number of ether oxygens (including phenoxy) is 1. The van der Waals surface area contributed by atoms with Crippen molar-refractivity contribution in [3.63, 3.8) is 0 Å². The number of carbonyl (C=O) groups excluding carboxylic acids is 1. The predicted octanol–water partition coefficient (Wildman–Crippen LogP) is 3.20. The lowest BCUT2D eigenvalue weighted by Gasteiger charge is -2.22. The van der Waals surface area contributed by atoms with E-state index in [9.17, 15) is 4.79 Å². The minimum atomic E-state index is -0.261. The molecule has 1 aliphatic rings. The number of allylic oxidation sites excluding steroid dienone is 2. The molecular weight excluding hydrogens is 402 g/mol. The third kappa shape index (κ3) is 5.29. The van der Waals surface area contributed by atoms with Gasteiger partial charge >= 0.3 is 5.97 Å². The number of carbonyl (C=O) groups is 1. The molecular formula is C25H31N5O2. The van der Waals surface area contributed by atoms with Crippen molar-refractivity contribution in [3.05, 3.63) is 76.6 Å². The van der Waals surface area contributed by atoms with Gasteiger partial charge in [0.05, 0.1) is 25.3 Å². The topological polar surface area (TPSA) is 115 Å². The summed E-state index contributed by atoms with van der Waals surface area (Å²) in [6.45, 7) is 2.67. The van der Waals surface area contributed by atoms with Gasteiger partial charge in [0.2, 0.25) is 0 Å². The van der Waals surface area contributed by atoms with Crippen LogP contribution in [0.4, 0.5) is 5.69 Å². The zero-order chi connectivity index (χ0) is 23.1. The lowest BCUT2D eigenvalue weighted by molar-refractivity contribution is -0.139. The first-order chi connectivity index (χ1) is 15.5. The van der Waals surface area contributed by atoms with Crippen LogP contribution in [0.3, 0.4) is 0 Å². The third-order valence-corrected chi connectivity index (χ3v) is 5.45. The van der Waals surface area contributed by atoms with Crippen LogP contribution in [-0.4, -0.2) is 32.9 Å². The van der Waals surface area contributed by atoms with Gasteiger partial charge in [-0.15, -0.1) is 0 Å².